The normalized spacial score (nSPS) is 19.9. The van der Waals surface area contributed by atoms with Gasteiger partial charge in [0.1, 0.15) is 0 Å². The Hall–Kier alpha value is -1.30. The van der Waals surface area contributed by atoms with Crippen LogP contribution < -0.4 is 0 Å². The highest BCUT2D eigenvalue weighted by Gasteiger charge is 2.32. The summed E-state index contributed by atoms with van der Waals surface area (Å²) in [5.74, 6) is -1.39. The average molecular weight is 299 g/mol. The van der Waals surface area contributed by atoms with Crippen LogP contribution in [0.2, 0.25) is 0 Å². The van der Waals surface area contributed by atoms with Crippen molar-refractivity contribution in [1.29, 1.82) is 0 Å². The molecule has 1 fully saturated rings. The van der Waals surface area contributed by atoms with Crippen LogP contribution in [0.25, 0.3) is 0 Å². The Morgan fingerprint density at radius 2 is 1.86 bits per heavy atom. The lowest BCUT2D eigenvalue weighted by atomic mass is 10.2. The molecule has 0 aliphatic carbocycles. The molecular formula is C15H29N3O3. The van der Waals surface area contributed by atoms with E-state index in [0.717, 1.165) is 32.6 Å². The van der Waals surface area contributed by atoms with Crippen molar-refractivity contribution in [1.82, 2.24) is 14.7 Å². The number of carboxylic acids is 1. The van der Waals surface area contributed by atoms with Crippen molar-refractivity contribution in [3.63, 3.8) is 0 Å². The van der Waals surface area contributed by atoms with E-state index in [1.807, 2.05) is 11.8 Å². The van der Waals surface area contributed by atoms with Crippen LogP contribution in [0.5, 0.6) is 0 Å². The number of likely N-dealkylation sites (tertiary alicyclic amines) is 1. The first-order valence-electron chi connectivity index (χ1n) is 7.95. The lowest BCUT2D eigenvalue weighted by molar-refractivity contribution is -0.141. The standard InChI is InChI=1S/C15H29N3O3/c1-5-16(6-2)13-8-9-18(11-13)15(21)17(7-3)10-12(4)14(19)20/h12-13H,5-11H2,1-4H3,(H,19,20). The number of carboxylic acid groups (broad SMARTS) is 1. The van der Waals surface area contributed by atoms with Gasteiger partial charge in [-0.2, -0.15) is 0 Å². The van der Waals surface area contributed by atoms with E-state index >= 15 is 0 Å². The van der Waals surface area contributed by atoms with E-state index in [1.54, 1.807) is 11.8 Å². The summed E-state index contributed by atoms with van der Waals surface area (Å²) in [6.07, 6.45) is 0.999. The fourth-order valence-corrected chi connectivity index (χ4v) is 2.90. The van der Waals surface area contributed by atoms with Gasteiger partial charge < -0.3 is 14.9 Å². The Balaban J connectivity index is 2.60. The molecule has 21 heavy (non-hydrogen) atoms. The summed E-state index contributed by atoms with van der Waals surface area (Å²) in [6.45, 7) is 12.1. The average Bonchev–Trinajstić information content (AvgIpc) is 2.94. The van der Waals surface area contributed by atoms with Crippen LogP contribution in [0.3, 0.4) is 0 Å². The molecule has 0 radical (unpaired) electrons. The van der Waals surface area contributed by atoms with E-state index in [9.17, 15) is 9.59 Å². The molecule has 122 valence electrons. The van der Waals surface area contributed by atoms with Gasteiger partial charge in [-0.05, 0) is 26.4 Å². The summed E-state index contributed by atoms with van der Waals surface area (Å²) >= 11 is 0. The molecule has 1 heterocycles. The highest BCUT2D eigenvalue weighted by molar-refractivity contribution is 5.76. The minimum atomic E-state index is -0.858. The number of likely N-dealkylation sites (N-methyl/N-ethyl adjacent to an activating group) is 1. The molecule has 2 amide bonds. The zero-order valence-corrected chi connectivity index (χ0v) is 13.7. The van der Waals surface area contributed by atoms with Crippen molar-refractivity contribution in [3.8, 4) is 0 Å². The zero-order valence-electron chi connectivity index (χ0n) is 13.7. The van der Waals surface area contributed by atoms with Gasteiger partial charge in [0.05, 0.1) is 5.92 Å². The Kier molecular flexibility index (Phi) is 6.95. The monoisotopic (exact) mass is 299 g/mol. The van der Waals surface area contributed by atoms with Crippen molar-refractivity contribution < 1.29 is 14.7 Å². The number of carbonyl (C=O) groups excluding carboxylic acids is 1. The fourth-order valence-electron chi connectivity index (χ4n) is 2.90. The summed E-state index contributed by atoms with van der Waals surface area (Å²) < 4.78 is 0. The first kappa shape index (κ1) is 17.8. The summed E-state index contributed by atoms with van der Waals surface area (Å²) in [6, 6.07) is 0.403. The number of amides is 2. The Morgan fingerprint density at radius 3 is 2.33 bits per heavy atom. The molecule has 0 spiro atoms. The van der Waals surface area contributed by atoms with Crippen LogP contribution in [0, 0.1) is 5.92 Å². The summed E-state index contributed by atoms with van der Waals surface area (Å²) in [5, 5.41) is 8.99. The van der Waals surface area contributed by atoms with Crippen molar-refractivity contribution in [2.24, 2.45) is 5.92 Å². The third-order valence-corrected chi connectivity index (χ3v) is 4.33. The topological polar surface area (TPSA) is 64.1 Å². The van der Waals surface area contributed by atoms with Gasteiger partial charge in [0.15, 0.2) is 0 Å². The lowest BCUT2D eigenvalue weighted by Gasteiger charge is -2.30. The number of aliphatic carboxylic acids is 1. The number of hydrogen-bond donors (Lipinski definition) is 1. The highest BCUT2D eigenvalue weighted by atomic mass is 16.4. The van der Waals surface area contributed by atoms with Crippen molar-refractivity contribution in [2.75, 3.05) is 39.3 Å². The molecule has 1 aliphatic heterocycles. The van der Waals surface area contributed by atoms with E-state index in [2.05, 4.69) is 18.7 Å². The maximum absolute atomic E-state index is 12.5. The molecule has 1 N–H and O–H groups in total. The van der Waals surface area contributed by atoms with Gasteiger partial charge in [-0.15, -0.1) is 0 Å². The highest BCUT2D eigenvalue weighted by Crippen LogP contribution is 2.17. The smallest absolute Gasteiger partial charge is 0.320 e. The van der Waals surface area contributed by atoms with E-state index in [0.29, 0.717) is 12.6 Å². The van der Waals surface area contributed by atoms with Gasteiger partial charge in [-0.3, -0.25) is 9.69 Å². The van der Waals surface area contributed by atoms with Gasteiger partial charge in [-0.25, -0.2) is 4.79 Å². The van der Waals surface area contributed by atoms with Crippen LogP contribution in [0.4, 0.5) is 4.79 Å². The van der Waals surface area contributed by atoms with Crippen LogP contribution >= 0.6 is 0 Å². The van der Waals surface area contributed by atoms with E-state index in [4.69, 9.17) is 5.11 Å². The molecule has 0 aromatic heterocycles. The molecule has 6 heteroatoms. The quantitative estimate of drug-likeness (QED) is 0.775. The van der Waals surface area contributed by atoms with Gasteiger partial charge in [0, 0.05) is 32.2 Å². The Bertz CT molecular complexity index is 358. The molecule has 0 saturated carbocycles. The molecule has 1 aliphatic rings. The Morgan fingerprint density at radius 1 is 1.24 bits per heavy atom. The third kappa shape index (κ3) is 4.59. The molecule has 0 bridgehead atoms. The Labute approximate surface area is 127 Å². The lowest BCUT2D eigenvalue weighted by Crippen LogP contribution is -2.46. The van der Waals surface area contributed by atoms with Gasteiger partial charge in [0.2, 0.25) is 0 Å². The first-order valence-corrected chi connectivity index (χ1v) is 7.95. The van der Waals surface area contributed by atoms with E-state index in [-0.39, 0.29) is 12.6 Å². The van der Waals surface area contributed by atoms with Crippen LogP contribution in [0.15, 0.2) is 0 Å². The predicted octanol–water partition coefficient (Wildman–Crippen LogP) is 1.57. The van der Waals surface area contributed by atoms with E-state index in [1.165, 1.54) is 0 Å². The maximum atomic E-state index is 12.5. The predicted molar refractivity (Wildman–Crippen MR) is 82.3 cm³/mol. The molecule has 1 saturated heterocycles. The molecule has 2 atom stereocenters. The fraction of sp³-hybridized carbons (Fsp3) is 0.867. The van der Waals surface area contributed by atoms with Crippen molar-refractivity contribution in [2.45, 2.75) is 40.2 Å². The zero-order chi connectivity index (χ0) is 16.0. The summed E-state index contributed by atoms with van der Waals surface area (Å²) in [7, 11) is 0. The molecular weight excluding hydrogens is 270 g/mol. The first-order chi connectivity index (χ1) is 9.94. The second kappa shape index (κ2) is 8.22. The largest absolute Gasteiger partial charge is 0.481 e. The van der Waals surface area contributed by atoms with Crippen molar-refractivity contribution in [3.05, 3.63) is 0 Å². The minimum Gasteiger partial charge on any atom is -0.481 e. The molecule has 1 rings (SSSR count). The van der Waals surface area contributed by atoms with Crippen LogP contribution in [0.1, 0.15) is 34.1 Å². The van der Waals surface area contributed by atoms with Crippen LogP contribution in [-0.4, -0.2) is 77.1 Å². The van der Waals surface area contributed by atoms with Gasteiger partial charge in [0.25, 0.3) is 0 Å². The number of hydrogen-bond acceptors (Lipinski definition) is 3. The molecule has 6 nitrogen and oxygen atoms in total. The number of urea groups is 1. The molecule has 2 unspecified atom stereocenters. The number of rotatable bonds is 7. The second-order valence-electron chi connectivity index (χ2n) is 5.67. The maximum Gasteiger partial charge on any atom is 0.320 e. The van der Waals surface area contributed by atoms with Crippen molar-refractivity contribution >= 4 is 12.0 Å². The number of nitrogens with zero attached hydrogens (tertiary/aromatic N) is 3. The van der Waals surface area contributed by atoms with Gasteiger partial charge in [-0.1, -0.05) is 20.8 Å². The second-order valence-corrected chi connectivity index (χ2v) is 5.67. The summed E-state index contributed by atoms with van der Waals surface area (Å²) in [5.41, 5.74) is 0. The molecule has 0 aromatic carbocycles. The summed E-state index contributed by atoms with van der Waals surface area (Å²) in [4.78, 5) is 29.4. The van der Waals surface area contributed by atoms with Gasteiger partial charge >= 0.3 is 12.0 Å². The molecule has 0 aromatic rings. The minimum absolute atomic E-state index is 0.0275. The van der Waals surface area contributed by atoms with Crippen LogP contribution in [-0.2, 0) is 4.79 Å². The van der Waals surface area contributed by atoms with E-state index < -0.39 is 11.9 Å². The third-order valence-electron chi connectivity index (χ3n) is 4.33. The number of carbonyl (C=O) groups is 2. The SMILES string of the molecule is CCN(CC(C)C(=O)O)C(=O)N1CCC(N(CC)CC)C1.